The lowest BCUT2D eigenvalue weighted by Gasteiger charge is -2.25. The molecule has 1 N–H and O–H groups in total. The maximum atomic E-state index is 12.7. The van der Waals surface area contributed by atoms with Crippen molar-refractivity contribution in [3.8, 4) is 0 Å². The monoisotopic (exact) mass is 449 g/mol. The van der Waals surface area contributed by atoms with Crippen LogP contribution in [0.4, 0.5) is 5.13 Å². The minimum atomic E-state index is -0.470. The number of ether oxygens (including phenoxy) is 1. The van der Waals surface area contributed by atoms with E-state index in [0.717, 1.165) is 10.0 Å². The van der Waals surface area contributed by atoms with Gasteiger partial charge in [0.1, 0.15) is 5.56 Å². The molecule has 4 rings (SSSR count). The van der Waals surface area contributed by atoms with Crippen LogP contribution in [0.25, 0.3) is 4.96 Å². The van der Waals surface area contributed by atoms with Gasteiger partial charge in [-0.1, -0.05) is 39.4 Å². The van der Waals surface area contributed by atoms with Gasteiger partial charge in [0.2, 0.25) is 10.1 Å². The summed E-state index contributed by atoms with van der Waals surface area (Å²) in [5, 5.41) is 7.81. The molecule has 3 aromatic rings. The van der Waals surface area contributed by atoms with E-state index >= 15 is 0 Å². The molecule has 1 aromatic carbocycles. The van der Waals surface area contributed by atoms with Crippen LogP contribution in [0, 0.1) is 0 Å². The average Bonchev–Trinajstić information content (AvgIpc) is 3.13. The number of hydrogen-bond donors (Lipinski definition) is 1. The van der Waals surface area contributed by atoms with E-state index in [1.807, 2.05) is 24.3 Å². The number of halogens is 1. The molecular weight excluding hydrogens is 434 g/mol. The number of carbonyl (C=O) groups excluding carboxylic acids is 1. The largest absolute Gasteiger partial charge is 0.378 e. The number of anilines is 1. The quantitative estimate of drug-likeness (QED) is 0.651. The van der Waals surface area contributed by atoms with E-state index < -0.39 is 11.5 Å². The highest BCUT2D eigenvalue weighted by atomic mass is 79.9. The summed E-state index contributed by atoms with van der Waals surface area (Å²) in [6.45, 7) is 3.00. The first-order valence-corrected chi connectivity index (χ1v) is 9.97. The Labute approximate surface area is 166 Å². The number of morpholine rings is 1. The third-order valence-electron chi connectivity index (χ3n) is 4.14. The van der Waals surface area contributed by atoms with Crippen LogP contribution in [-0.2, 0) is 11.3 Å². The number of aromatic nitrogens is 3. The number of rotatable bonds is 4. The number of nitrogens with one attached hydrogen (secondary N) is 1. The smallest absolute Gasteiger partial charge is 0.288 e. The lowest BCUT2D eigenvalue weighted by atomic mass is 10.2. The van der Waals surface area contributed by atoms with Gasteiger partial charge >= 0.3 is 0 Å². The summed E-state index contributed by atoms with van der Waals surface area (Å²) in [7, 11) is 0. The Bertz CT molecular complexity index is 1040. The molecule has 1 aliphatic heterocycles. The predicted octanol–water partition coefficient (Wildman–Crippen LogP) is 1.68. The normalized spacial score (nSPS) is 14.5. The highest BCUT2D eigenvalue weighted by molar-refractivity contribution is 9.10. The summed E-state index contributed by atoms with van der Waals surface area (Å²) in [6, 6.07) is 7.60. The van der Waals surface area contributed by atoms with E-state index in [-0.39, 0.29) is 5.56 Å². The molecule has 1 fully saturated rings. The standard InChI is InChI=1S/C17H16BrN5O3S/c18-12-3-1-2-11(8-12)9-19-14(24)13-10-20-16-23(15(13)25)21-17(27-16)22-4-6-26-7-5-22/h1-3,8,10H,4-7,9H2,(H,19,24). The molecule has 1 aliphatic rings. The molecule has 0 spiro atoms. The number of hydrogen-bond acceptors (Lipinski definition) is 7. The second-order valence-corrected chi connectivity index (χ2v) is 7.82. The molecule has 10 heteroatoms. The Hall–Kier alpha value is -2.30. The van der Waals surface area contributed by atoms with E-state index in [4.69, 9.17) is 4.74 Å². The van der Waals surface area contributed by atoms with Crippen molar-refractivity contribution in [2.45, 2.75) is 6.54 Å². The van der Waals surface area contributed by atoms with Gasteiger partial charge in [-0.05, 0) is 17.7 Å². The first-order valence-electron chi connectivity index (χ1n) is 8.36. The third kappa shape index (κ3) is 3.87. The molecule has 8 nitrogen and oxygen atoms in total. The van der Waals surface area contributed by atoms with E-state index in [2.05, 4.69) is 36.2 Å². The van der Waals surface area contributed by atoms with Crippen LogP contribution in [0.5, 0.6) is 0 Å². The molecular formula is C17H16BrN5O3S. The van der Waals surface area contributed by atoms with Crippen LogP contribution >= 0.6 is 27.3 Å². The zero-order chi connectivity index (χ0) is 18.8. The molecule has 0 atom stereocenters. The molecule has 1 amide bonds. The number of amides is 1. The Morgan fingerprint density at radius 1 is 1.33 bits per heavy atom. The zero-order valence-electron chi connectivity index (χ0n) is 14.2. The highest BCUT2D eigenvalue weighted by Gasteiger charge is 2.19. The fourth-order valence-corrected chi connectivity index (χ4v) is 4.10. The molecule has 3 heterocycles. The van der Waals surface area contributed by atoms with Gasteiger partial charge in [-0.15, -0.1) is 5.10 Å². The van der Waals surface area contributed by atoms with E-state index in [9.17, 15) is 9.59 Å². The van der Waals surface area contributed by atoms with Crippen molar-refractivity contribution >= 4 is 43.3 Å². The fourth-order valence-electron chi connectivity index (χ4n) is 2.74. The first-order chi connectivity index (χ1) is 13.1. The van der Waals surface area contributed by atoms with Crippen LogP contribution in [0.2, 0.25) is 0 Å². The Morgan fingerprint density at radius 2 is 2.15 bits per heavy atom. The van der Waals surface area contributed by atoms with Gasteiger partial charge in [-0.25, -0.2) is 4.98 Å². The Balaban J connectivity index is 1.55. The lowest BCUT2D eigenvalue weighted by molar-refractivity contribution is 0.0948. The highest BCUT2D eigenvalue weighted by Crippen LogP contribution is 2.21. The van der Waals surface area contributed by atoms with Crippen molar-refractivity contribution in [2.75, 3.05) is 31.2 Å². The summed E-state index contributed by atoms with van der Waals surface area (Å²) in [5.41, 5.74) is 0.430. The van der Waals surface area contributed by atoms with Crippen LogP contribution < -0.4 is 15.8 Å². The zero-order valence-corrected chi connectivity index (χ0v) is 16.6. The van der Waals surface area contributed by atoms with Crippen molar-refractivity contribution in [1.82, 2.24) is 19.9 Å². The molecule has 0 unspecified atom stereocenters. The van der Waals surface area contributed by atoms with Crippen molar-refractivity contribution in [3.63, 3.8) is 0 Å². The SMILES string of the molecule is O=C(NCc1cccc(Br)c1)c1cnc2sc(N3CCOCC3)nn2c1=O. The summed E-state index contributed by atoms with van der Waals surface area (Å²) in [6.07, 6.45) is 1.31. The number of carbonyl (C=O) groups is 1. The molecule has 1 saturated heterocycles. The number of nitrogens with zero attached hydrogens (tertiary/aromatic N) is 4. The first kappa shape index (κ1) is 18.1. The predicted molar refractivity (Wildman–Crippen MR) is 105 cm³/mol. The van der Waals surface area contributed by atoms with Crippen molar-refractivity contribution < 1.29 is 9.53 Å². The van der Waals surface area contributed by atoms with E-state index in [1.54, 1.807) is 0 Å². The van der Waals surface area contributed by atoms with Gasteiger partial charge < -0.3 is 15.0 Å². The van der Waals surface area contributed by atoms with Crippen molar-refractivity contribution in [1.29, 1.82) is 0 Å². The van der Waals surface area contributed by atoms with Crippen molar-refractivity contribution in [2.24, 2.45) is 0 Å². The third-order valence-corrected chi connectivity index (χ3v) is 5.62. The minimum Gasteiger partial charge on any atom is -0.378 e. The summed E-state index contributed by atoms with van der Waals surface area (Å²) >= 11 is 4.72. The number of fused-ring (bicyclic) bond motifs is 1. The molecule has 27 heavy (non-hydrogen) atoms. The summed E-state index contributed by atoms with van der Waals surface area (Å²) < 4.78 is 7.46. The Morgan fingerprint density at radius 3 is 2.93 bits per heavy atom. The van der Waals surface area contributed by atoms with Gasteiger partial charge in [0.15, 0.2) is 0 Å². The molecule has 2 aromatic heterocycles. The summed E-state index contributed by atoms with van der Waals surface area (Å²) in [4.78, 5) is 31.9. The van der Waals surface area contributed by atoms with Crippen LogP contribution in [0.3, 0.4) is 0 Å². The lowest BCUT2D eigenvalue weighted by Crippen LogP contribution is -2.36. The van der Waals surface area contributed by atoms with Crippen LogP contribution in [0.1, 0.15) is 15.9 Å². The Kier molecular flexibility index (Phi) is 5.19. The van der Waals surface area contributed by atoms with Crippen molar-refractivity contribution in [3.05, 3.63) is 56.4 Å². The fraction of sp³-hybridized carbons (Fsp3) is 0.294. The molecule has 0 radical (unpaired) electrons. The number of benzene rings is 1. The molecule has 0 bridgehead atoms. The maximum absolute atomic E-state index is 12.7. The van der Waals surface area contributed by atoms with Crippen LogP contribution in [0.15, 0.2) is 39.7 Å². The molecule has 0 aliphatic carbocycles. The minimum absolute atomic E-state index is 0.0266. The van der Waals surface area contributed by atoms with E-state index in [0.29, 0.717) is 42.9 Å². The van der Waals surface area contributed by atoms with E-state index in [1.165, 1.54) is 22.0 Å². The van der Waals surface area contributed by atoms with Gasteiger partial charge in [0, 0.05) is 30.3 Å². The van der Waals surface area contributed by atoms with Gasteiger partial charge in [-0.3, -0.25) is 9.59 Å². The molecule has 140 valence electrons. The molecule has 0 saturated carbocycles. The second-order valence-electron chi connectivity index (χ2n) is 5.97. The second kappa shape index (κ2) is 7.75. The van der Waals surface area contributed by atoms with Gasteiger partial charge in [0.05, 0.1) is 13.2 Å². The van der Waals surface area contributed by atoms with Crippen LogP contribution in [-0.4, -0.2) is 46.8 Å². The topological polar surface area (TPSA) is 88.8 Å². The van der Waals surface area contributed by atoms with Gasteiger partial charge in [0.25, 0.3) is 11.5 Å². The average molecular weight is 450 g/mol. The maximum Gasteiger partial charge on any atom is 0.288 e. The van der Waals surface area contributed by atoms with Gasteiger partial charge in [-0.2, -0.15) is 4.52 Å². The summed E-state index contributed by atoms with van der Waals surface area (Å²) in [5.74, 6) is -0.470.